The Kier molecular flexibility index (Phi) is 6.86. The summed E-state index contributed by atoms with van der Waals surface area (Å²) in [7, 11) is 1.70. The van der Waals surface area contributed by atoms with Gasteiger partial charge in [-0.1, -0.05) is 54.6 Å². The largest absolute Gasteiger partial charge is 0.340 e. The average molecular weight is 476 g/mol. The zero-order valence-corrected chi connectivity index (χ0v) is 20.5. The maximum atomic E-state index is 13.7. The van der Waals surface area contributed by atoms with Gasteiger partial charge in [0.15, 0.2) is 0 Å². The van der Waals surface area contributed by atoms with Gasteiger partial charge in [0, 0.05) is 19.0 Å². The summed E-state index contributed by atoms with van der Waals surface area (Å²) in [5.74, 6) is -0.323. The van der Waals surface area contributed by atoms with Crippen molar-refractivity contribution in [1.29, 1.82) is 0 Å². The minimum atomic E-state index is -3.98. The van der Waals surface area contributed by atoms with Crippen LogP contribution in [0.25, 0.3) is 22.0 Å². The molecule has 0 spiro atoms. The standard InChI is InChI=1S/C27H29N3O3S/c1-28(2)17-10-18-29(3)27(31)26-20-23-19-22(21-11-6-4-7-12-21)15-16-25(23)30(26)34(32,33)24-13-8-5-9-14-24/h4-9,11-16,19-20H,10,17-18H2,1-3H3. The van der Waals surface area contributed by atoms with E-state index in [1.54, 1.807) is 54.4 Å². The molecule has 0 N–H and O–H groups in total. The Hall–Kier alpha value is -3.42. The van der Waals surface area contributed by atoms with Crippen LogP contribution in [0.1, 0.15) is 16.9 Å². The second-order valence-corrected chi connectivity index (χ2v) is 10.4. The SMILES string of the molecule is CN(C)CCCN(C)C(=O)c1cc2cc(-c3ccccc3)ccc2n1S(=O)(=O)c1ccccc1. The van der Waals surface area contributed by atoms with Crippen LogP contribution < -0.4 is 0 Å². The van der Waals surface area contributed by atoms with Gasteiger partial charge in [-0.2, -0.15) is 0 Å². The Balaban J connectivity index is 1.84. The predicted molar refractivity (Wildman–Crippen MR) is 137 cm³/mol. The molecule has 6 nitrogen and oxygen atoms in total. The van der Waals surface area contributed by atoms with Crippen molar-refractivity contribution in [3.8, 4) is 11.1 Å². The Labute approximate surface area is 201 Å². The van der Waals surface area contributed by atoms with E-state index in [4.69, 9.17) is 0 Å². The van der Waals surface area contributed by atoms with Crippen LogP contribution in [-0.4, -0.2) is 62.3 Å². The number of rotatable bonds is 8. The van der Waals surface area contributed by atoms with Crippen molar-refractivity contribution in [1.82, 2.24) is 13.8 Å². The van der Waals surface area contributed by atoms with Gasteiger partial charge in [-0.05, 0) is 68.5 Å². The molecule has 0 aliphatic carbocycles. The smallest absolute Gasteiger partial charge is 0.271 e. The number of benzene rings is 3. The highest BCUT2D eigenvalue weighted by atomic mass is 32.2. The number of carbonyl (C=O) groups is 1. The Morgan fingerprint density at radius 1 is 0.794 bits per heavy atom. The molecule has 3 aromatic carbocycles. The predicted octanol–water partition coefficient (Wildman–Crippen LogP) is 4.57. The lowest BCUT2D eigenvalue weighted by Crippen LogP contribution is -2.32. The van der Waals surface area contributed by atoms with Crippen LogP contribution >= 0.6 is 0 Å². The highest BCUT2D eigenvalue weighted by Crippen LogP contribution is 2.30. The van der Waals surface area contributed by atoms with Crippen LogP contribution in [0, 0.1) is 0 Å². The monoisotopic (exact) mass is 475 g/mol. The van der Waals surface area contributed by atoms with Gasteiger partial charge in [-0.3, -0.25) is 4.79 Å². The van der Waals surface area contributed by atoms with Gasteiger partial charge in [0.1, 0.15) is 5.69 Å². The molecule has 176 valence electrons. The summed E-state index contributed by atoms with van der Waals surface area (Å²) >= 11 is 0. The molecular formula is C27H29N3O3S. The molecule has 7 heteroatoms. The molecule has 34 heavy (non-hydrogen) atoms. The number of hydrogen-bond donors (Lipinski definition) is 0. The van der Waals surface area contributed by atoms with E-state index in [-0.39, 0.29) is 16.5 Å². The van der Waals surface area contributed by atoms with Gasteiger partial charge >= 0.3 is 0 Å². The number of hydrogen-bond acceptors (Lipinski definition) is 4. The second kappa shape index (κ2) is 9.83. The van der Waals surface area contributed by atoms with Gasteiger partial charge in [-0.25, -0.2) is 12.4 Å². The molecule has 0 atom stereocenters. The molecule has 0 unspecified atom stereocenters. The van der Waals surface area contributed by atoms with E-state index in [9.17, 15) is 13.2 Å². The quantitative estimate of drug-likeness (QED) is 0.375. The van der Waals surface area contributed by atoms with Crippen molar-refractivity contribution in [2.45, 2.75) is 11.3 Å². The number of amides is 1. The van der Waals surface area contributed by atoms with E-state index in [0.717, 1.165) is 24.1 Å². The molecule has 4 rings (SSSR count). The highest BCUT2D eigenvalue weighted by molar-refractivity contribution is 7.90. The molecule has 1 amide bonds. The molecular weight excluding hydrogens is 446 g/mol. The molecule has 0 aliphatic heterocycles. The van der Waals surface area contributed by atoms with Gasteiger partial charge < -0.3 is 9.80 Å². The first kappa shape index (κ1) is 23.7. The van der Waals surface area contributed by atoms with E-state index in [2.05, 4.69) is 4.90 Å². The summed E-state index contributed by atoms with van der Waals surface area (Å²) < 4.78 is 28.6. The van der Waals surface area contributed by atoms with Crippen LogP contribution in [-0.2, 0) is 10.0 Å². The lowest BCUT2D eigenvalue weighted by Gasteiger charge is -2.20. The number of carbonyl (C=O) groups excluding carboxylic acids is 1. The molecule has 4 aromatic rings. The first-order valence-corrected chi connectivity index (χ1v) is 12.6. The Morgan fingerprint density at radius 2 is 1.44 bits per heavy atom. The lowest BCUT2D eigenvalue weighted by molar-refractivity contribution is 0.0784. The van der Waals surface area contributed by atoms with Crippen molar-refractivity contribution in [3.63, 3.8) is 0 Å². The molecule has 0 bridgehead atoms. The Morgan fingerprint density at radius 3 is 2.09 bits per heavy atom. The lowest BCUT2D eigenvalue weighted by atomic mass is 10.0. The third-order valence-electron chi connectivity index (χ3n) is 5.81. The fourth-order valence-electron chi connectivity index (χ4n) is 4.03. The van der Waals surface area contributed by atoms with E-state index < -0.39 is 10.0 Å². The van der Waals surface area contributed by atoms with Crippen LogP contribution in [0.2, 0.25) is 0 Å². The van der Waals surface area contributed by atoms with Gasteiger partial charge in [0.25, 0.3) is 15.9 Å². The summed E-state index contributed by atoms with van der Waals surface area (Å²) in [4.78, 5) is 17.3. The maximum Gasteiger partial charge on any atom is 0.271 e. The zero-order valence-electron chi connectivity index (χ0n) is 19.7. The topological polar surface area (TPSA) is 62.6 Å². The third kappa shape index (κ3) is 4.76. The molecule has 1 heterocycles. The summed E-state index contributed by atoms with van der Waals surface area (Å²) in [6.07, 6.45) is 0.791. The molecule has 0 saturated carbocycles. The number of aromatic nitrogens is 1. The van der Waals surface area contributed by atoms with E-state index >= 15 is 0 Å². The van der Waals surface area contributed by atoms with Crippen molar-refractivity contribution in [2.24, 2.45) is 0 Å². The van der Waals surface area contributed by atoms with Crippen LogP contribution in [0.3, 0.4) is 0 Å². The van der Waals surface area contributed by atoms with Crippen molar-refractivity contribution in [2.75, 3.05) is 34.2 Å². The minimum absolute atomic E-state index is 0.136. The first-order chi connectivity index (χ1) is 16.3. The van der Waals surface area contributed by atoms with Crippen molar-refractivity contribution >= 4 is 26.8 Å². The van der Waals surface area contributed by atoms with Gasteiger partial charge in [0.2, 0.25) is 0 Å². The summed E-state index contributed by atoms with van der Waals surface area (Å²) in [5, 5.41) is 0.700. The second-order valence-electron chi connectivity index (χ2n) is 8.64. The molecule has 0 saturated heterocycles. The third-order valence-corrected chi connectivity index (χ3v) is 7.55. The van der Waals surface area contributed by atoms with E-state index in [0.29, 0.717) is 17.4 Å². The van der Waals surface area contributed by atoms with Gasteiger partial charge in [0.05, 0.1) is 10.4 Å². The van der Waals surface area contributed by atoms with Crippen LogP contribution in [0.4, 0.5) is 0 Å². The summed E-state index contributed by atoms with van der Waals surface area (Å²) in [5.41, 5.74) is 2.60. The minimum Gasteiger partial charge on any atom is -0.340 e. The first-order valence-electron chi connectivity index (χ1n) is 11.2. The summed E-state index contributed by atoms with van der Waals surface area (Å²) in [6.45, 7) is 1.36. The van der Waals surface area contributed by atoms with Crippen LogP contribution in [0.5, 0.6) is 0 Å². The van der Waals surface area contributed by atoms with E-state index in [1.165, 1.54) is 3.97 Å². The number of fused-ring (bicyclic) bond motifs is 1. The molecule has 0 radical (unpaired) electrons. The maximum absolute atomic E-state index is 13.7. The molecule has 1 aromatic heterocycles. The fourth-order valence-corrected chi connectivity index (χ4v) is 5.55. The molecule has 0 aliphatic rings. The average Bonchev–Trinajstić information content (AvgIpc) is 3.24. The highest BCUT2D eigenvalue weighted by Gasteiger charge is 2.28. The number of nitrogens with zero attached hydrogens (tertiary/aromatic N) is 3. The van der Waals surface area contributed by atoms with Crippen molar-refractivity contribution in [3.05, 3.63) is 90.6 Å². The summed E-state index contributed by atoms with van der Waals surface area (Å²) in [6, 6.07) is 25.4. The fraction of sp³-hybridized carbons (Fsp3) is 0.222. The van der Waals surface area contributed by atoms with Crippen LogP contribution in [0.15, 0.2) is 89.8 Å². The van der Waals surface area contributed by atoms with Gasteiger partial charge in [-0.15, -0.1) is 0 Å². The Bertz CT molecular complexity index is 1400. The molecule has 0 fully saturated rings. The van der Waals surface area contributed by atoms with Crippen molar-refractivity contribution < 1.29 is 13.2 Å². The normalized spacial score (nSPS) is 11.8. The zero-order chi connectivity index (χ0) is 24.3. The van der Waals surface area contributed by atoms with E-state index in [1.807, 2.05) is 56.6 Å².